The van der Waals surface area contributed by atoms with Gasteiger partial charge in [0, 0.05) is 23.3 Å². The molecule has 3 rings (SSSR count). The van der Waals surface area contributed by atoms with Crippen LogP contribution in [0.1, 0.15) is 0 Å². The standard InChI is InChI=1S/C14H13ClN2O2/c15-9-4-5-17-12(6-9)11-2-1-3-13-14(11)19-10(7-16)8-18-13/h1-6,10H,7-8,16H2. The smallest absolute Gasteiger partial charge is 0.171 e. The van der Waals surface area contributed by atoms with Crippen molar-refractivity contribution >= 4 is 11.6 Å². The fourth-order valence-electron chi connectivity index (χ4n) is 2.00. The molecule has 0 bridgehead atoms. The lowest BCUT2D eigenvalue weighted by atomic mass is 10.1. The van der Waals surface area contributed by atoms with E-state index in [1.165, 1.54) is 0 Å². The minimum Gasteiger partial charge on any atom is -0.486 e. The van der Waals surface area contributed by atoms with Crippen LogP contribution in [0.5, 0.6) is 11.5 Å². The van der Waals surface area contributed by atoms with Gasteiger partial charge in [-0.3, -0.25) is 4.98 Å². The Labute approximate surface area is 116 Å². The maximum atomic E-state index is 6.00. The quantitative estimate of drug-likeness (QED) is 0.916. The van der Waals surface area contributed by atoms with Crippen molar-refractivity contribution < 1.29 is 9.47 Å². The Morgan fingerprint density at radius 3 is 3.05 bits per heavy atom. The Balaban J connectivity index is 2.08. The first kappa shape index (κ1) is 12.3. The zero-order chi connectivity index (χ0) is 13.2. The van der Waals surface area contributed by atoms with Crippen LogP contribution in [0.2, 0.25) is 5.02 Å². The number of aromatic nitrogens is 1. The summed E-state index contributed by atoms with van der Waals surface area (Å²) in [4.78, 5) is 4.32. The molecule has 2 heterocycles. The van der Waals surface area contributed by atoms with E-state index in [-0.39, 0.29) is 6.10 Å². The van der Waals surface area contributed by atoms with Gasteiger partial charge >= 0.3 is 0 Å². The van der Waals surface area contributed by atoms with Crippen LogP contribution in [0.25, 0.3) is 11.3 Å². The fraction of sp³-hybridized carbons (Fsp3) is 0.214. The molecule has 1 unspecified atom stereocenters. The Bertz CT molecular complexity index is 604. The zero-order valence-corrected chi connectivity index (χ0v) is 10.9. The third kappa shape index (κ3) is 2.37. The Kier molecular flexibility index (Phi) is 3.27. The van der Waals surface area contributed by atoms with Crippen LogP contribution in [-0.2, 0) is 0 Å². The number of nitrogens with zero attached hydrogens (tertiary/aromatic N) is 1. The van der Waals surface area contributed by atoms with Crippen molar-refractivity contribution in [2.75, 3.05) is 13.2 Å². The lowest BCUT2D eigenvalue weighted by Crippen LogP contribution is -2.35. The summed E-state index contributed by atoms with van der Waals surface area (Å²) >= 11 is 6.00. The van der Waals surface area contributed by atoms with Crippen molar-refractivity contribution in [3.63, 3.8) is 0 Å². The van der Waals surface area contributed by atoms with E-state index in [1.54, 1.807) is 18.3 Å². The molecule has 0 aliphatic carbocycles. The number of benzene rings is 1. The molecular weight excluding hydrogens is 264 g/mol. The van der Waals surface area contributed by atoms with Gasteiger partial charge in [0.05, 0.1) is 5.69 Å². The minimum atomic E-state index is -0.132. The molecule has 1 aromatic carbocycles. The van der Waals surface area contributed by atoms with Crippen molar-refractivity contribution in [3.8, 4) is 22.8 Å². The van der Waals surface area contributed by atoms with Gasteiger partial charge in [-0.15, -0.1) is 0 Å². The molecule has 1 aliphatic heterocycles. The molecule has 98 valence electrons. The van der Waals surface area contributed by atoms with Crippen molar-refractivity contribution in [1.82, 2.24) is 4.98 Å². The molecule has 0 amide bonds. The van der Waals surface area contributed by atoms with E-state index < -0.39 is 0 Å². The molecule has 0 saturated carbocycles. The molecule has 0 radical (unpaired) electrons. The third-order valence-electron chi connectivity index (χ3n) is 2.95. The largest absolute Gasteiger partial charge is 0.486 e. The summed E-state index contributed by atoms with van der Waals surface area (Å²) in [6.45, 7) is 0.882. The molecule has 2 aromatic rings. The number of pyridine rings is 1. The molecule has 0 fully saturated rings. The maximum Gasteiger partial charge on any atom is 0.171 e. The molecule has 0 spiro atoms. The van der Waals surface area contributed by atoms with E-state index in [9.17, 15) is 0 Å². The Morgan fingerprint density at radius 1 is 1.37 bits per heavy atom. The molecule has 19 heavy (non-hydrogen) atoms. The topological polar surface area (TPSA) is 57.4 Å². The monoisotopic (exact) mass is 276 g/mol. The molecule has 0 saturated heterocycles. The second-order valence-corrected chi connectivity index (χ2v) is 4.72. The molecular formula is C14H13ClN2O2. The fourth-order valence-corrected chi connectivity index (χ4v) is 2.16. The van der Waals surface area contributed by atoms with Gasteiger partial charge in [-0.05, 0) is 24.3 Å². The van der Waals surface area contributed by atoms with Crippen molar-refractivity contribution in [2.45, 2.75) is 6.10 Å². The van der Waals surface area contributed by atoms with Crippen LogP contribution >= 0.6 is 11.6 Å². The first-order chi connectivity index (χ1) is 9.28. The number of nitrogens with two attached hydrogens (primary N) is 1. The summed E-state index contributed by atoms with van der Waals surface area (Å²) in [5.41, 5.74) is 7.25. The first-order valence-corrected chi connectivity index (χ1v) is 6.40. The maximum absolute atomic E-state index is 6.00. The van der Waals surface area contributed by atoms with Crippen molar-refractivity contribution in [2.24, 2.45) is 5.73 Å². The highest BCUT2D eigenvalue weighted by molar-refractivity contribution is 6.30. The minimum absolute atomic E-state index is 0.132. The normalized spacial score (nSPS) is 17.3. The van der Waals surface area contributed by atoms with Gasteiger partial charge in [-0.2, -0.15) is 0 Å². The van der Waals surface area contributed by atoms with Crippen molar-refractivity contribution in [1.29, 1.82) is 0 Å². The molecule has 5 heteroatoms. The number of halogens is 1. The van der Waals surface area contributed by atoms with Crippen LogP contribution in [0.4, 0.5) is 0 Å². The molecule has 2 N–H and O–H groups in total. The summed E-state index contributed by atoms with van der Waals surface area (Å²) in [5.74, 6) is 1.39. The van der Waals surface area contributed by atoms with E-state index in [2.05, 4.69) is 4.98 Å². The summed E-state index contributed by atoms with van der Waals surface area (Å²) < 4.78 is 11.5. The SMILES string of the molecule is NCC1COc2cccc(-c3cc(Cl)ccn3)c2O1. The average Bonchev–Trinajstić information content (AvgIpc) is 2.46. The van der Waals surface area contributed by atoms with E-state index in [0.29, 0.717) is 29.7 Å². The Morgan fingerprint density at radius 2 is 2.26 bits per heavy atom. The van der Waals surface area contributed by atoms with Gasteiger partial charge in [0.1, 0.15) is 12.7 Å². The number of rotatable bonds is 2. The first-order valence-electron chi connectivity index (χ1n) is 6.02. The molecule has 4 nitrogen and oxygen atoms in total. The van der Waals surface area contributed by atoms with E-state index in [0.717, 1.165) is 11.3 Å². The van der Waals surface area contributed by atoms with Gasteiger partial charge in [0.25, 0.3) is 0 Å². The lowest BCUT2D eigenvalue weighted by Gasteiger charge is -2.27. The summed E-state index contributed by atoms with van der Waals surface area (Å²) in [6.07, 6.45) is 1.54. The van der Waals surface area contributed by atoms with E-state index in [4.69, 9.17) is 26.8 Å². The van der Waals surface area contributed by atoms with E-state index in [1.807, 2.05) is 18.2 Å². The zero-order valence-electron chi connectivity index (χ0n) is 10.2. The van der Waals surface area contributed by atoms with Gasteiger partial charge in [-0.1, -0.05) is 17.7 Å². The molecule has 1 atom stereocenters. The summed E-state index contributed by atoms with van der Waals surface area (Å²) in [7, 11) is 0. The number of ether oxygens (including phenoxy) is 2. The highest BCUT2D eigenvalue weighted by Gasteiger charge is 2.23. The number of hydrogen-bond acceptors (Lipinski definition) is 4. The summed E-state index contributed by atoms with van der Waals surface area (Å²) in [5, 5.41) is 0.634. The second-order valence-electron chi connectivity index (χ2n) is 4.28. The van der Waals surface area contributed by atoms with Crippen LogP contribution in [0.3, 0.4) is 0 Å². The highest BCUT2D eigenvalue weighted by atomic mass is 35.5. The van der Waals surface area contributed by atoms with Crippen LogP contribution in [0, 0.1) is 0 Å². The van der Waals surface area contributed by atoms with Gasteiger partial charge in [-0.25, -0.2) is 0 Å². The third-order valence-corrected chi connectivity index (χ3v) is 3.18. The number of para-hydroxylation sites is 1. The molecule has 1 aromatic heterocycles. The lowest BCUT2D eigenvalue weighted by molar-refractivity contribution is 0.0976. The van der Waals surface area contributed by atoms with Crippen LogP contribution < -0.4 is 15.2 Å². The van der Waals surface area contributed by atoms with Gasteiger partial charge < -0.3 is 15.2 Å². The van der Waals surface area contributed by atoms with E-state index >= 15 is 0 Å². The van der Waals surface area contributed by atoms with Gasteiger partial charge in [0.2, 0.25) is 0 Å². The van der Waals surface area contributed by atoms with Crippen molar-refractivity contribution in [3.05, 3.63) is 41.6 Å². The summed E-state index contributed by atoms with van der Waals surface area (Å²) in [6, 6.07) is 9.24. The predicted octanol–water partition coefficient (Wildman–Crippen LogP) is 2.50. The second kappa shape index (κ2) is 5.07. The predicted molar refractivity (Wildman–Crippen MR) is 73.6 cm³/mol. The number of hydrogen-bond donors (Lipinski definition) is 1. The Hall–Kier alpha value is -1.78. The molecule has 1 aliphatic rings. The van der Waals surface area contributed by atoms with Crippen LogP contribution in [-0.4, -0.2) is 24.2 Å². The average molecular weight is 277 g/mol. The van der Waals surface area contributed by atoms with Crippen LogP contribution in [0.15, 0.2) is 36.5 Å². The van der Waals surface area contributed by atoms with Gasteiger partial charge in [0.15, 0.2) is 11.5 Å². The highest BCUT2D eigenvalue weighted by Crippen LogP contribution is 2.40. The number of fused-ring (bicyclic) bond motifs is 1.